The van der Waals surface area contributed by atoms with E-state index in [1.807, 2.05) is 43.4 Å². The molecular weight excluding hydrogens is 394 g/mol. The summed E-state index contributed by atoms with van der Waals surface area (Å²) in [5, 5.41) is 0. The van der Waals surface area contributed by atoms with Gasteiger partial charge in [0.2, 0.25) is 0 Å². The number of unbranched alkanes of at least 4 members (excludes halogenated alkanes) is 1. The van der Waals surface area contributed by atoms with Crippen molar-refractivity contribution in [2.45, 2.75) is 65.6 Å². The topological polar surface area (TPSA) is 64.6 Å². The summed E-state index contributed by atoms with van der Waals surface area (Å²) < 4.78 is 5.25. The van der Waals surface area contributed by atoms with Crippen molar-refractivity contribution >= 4 is 35.1 Å². The van der Waals surface area contributed by atoms with Gasteiger partial charge in [0.25, 0.3) is 0 Å². The van der Waals surface area contributed by atoms with Gasteiger partial charge in [0.15, 0.2) is 17.9 Å². The van der Waals surface area contributed by atoms with Gasteiger partial charge in [-0.2, -0.15) is 29.0 Å². The molecule has 1 rings (SSSR count). The Balaban J connectivity index is 2.17. The molecule has 28 heavy (non-hydrogen) atoms. The van der Waals surface area contributed by atoms with Gasteiger partial charge >= 0.3 is 0 Å². The molecule has 1 aliphatic carbocycles. The van der Waals surface area contributed by atoms with Gasteiger partial charge in [-0.25, -0.2) is 0 Å². The number of carbonyl (C=O) groups is 2. The fourth-order valence-electron chi connectivity index (χ4n) is 3.11. The van der Waals surface area contributed by atoms with Crippen LogP contribution in [-0.2, 0) is 19.2 Å². The third-order valence-electron chi connectivity index (χ3n) is 4.51. The standard InChI is InChI=1S/C21H37NO4S2/c1-4-25-17(3)26-22-11-7-6-10-19-20(23)15-18(16-21(19)24)9-8-12-28-14-13-27-5-2/h10,17-18,22H,4-9,11-16H2,1-3H3. The summed E-state index contributed by atoms with van der Waals surface area (Å²) in [6.07, 6.45) is 6.17. The minimum absolute atomic E-state index is 0.0300. The predicted molar refractivity (Wildman–Crippen MR) is 120 cm³/mol. The highest BCUT2D eigenvalue weighted by molar-refractivity contribution is 8.02. The SMILES string of the molecule is CCOC(C)ONCCCC=C1C(=O)CC(CCCSCCSCC)CC1=O. The molecule has 0 saturated heterocycles. The Morgan fingerprint density at radius 2 is 1.82 bits per heavy atom. The van der Waals surface area contributed by atoms with E-state index in [9.17, 15) is 9.59 Å². The number of ketones is 2. The maximum atomic E-state index is 12.3. The highest BCUT2D eigenvalue weighted by Gasteiger charge is 2.29. The minimum atomic E-state index is -0.282. The first kappa shape index (κ1) is 25.7. The maximum Gasteiger partial charge on any atom is 0.174 e. The van der Waals surface area contributed by atoms with E-state index in [0.29, 0.717) is 38.0 Å². The van der Waals surface area contributed by atoms with E-state index in [2.05, 4.69) is 12.4 Å². The maximum absolute atomic E-state index is 12.3. The Labute approximate surface area is 179 Å². The van der Waals surface area contributed by atoms with Gasteiger partial charge in [0.05, 0.1) is 5.57 Å². The molecule has 0 aromatic carbocycles. The molecule has 1 fully saturated rings. The second-order valence-corrected chi connectivity index (χ2v) is 9.49. The number of hydrogen-bond donors (Lipinski definition) is 1. The number of thioether (sulfide) groups is 2. The van der Waals surface area contributed by atoms with Crippen molar-refractivity contribution in [2.75, 3.05) is 36.2 Å². The van der Waals surface area contributed by atoms with E-state index < -0.39 is 0 Å². The molecule has 162 valence electrons. The summed E-state index contributed by atoms with van der Waals surface area (Å²) in [5.41, 5.74) is 3.28. The van der Waals surface area contributed by atoms with Crippen molar-refractivity contribution in [1.29, 1.82) is 0 Å². The van der Waals surface area contributed by atoms with Gasteiger partial charge in [0, 0.05) is 37.5 Å². The van der Waals surface area contributed by atoms with E-state index in [1.165, 1.54) is 17.3 Å². The number of allylic oxidation sites excluding steroid dienone is 2. The van der Waals surface area contributed by atoms with Crippen LogP contribution in [0.25, 0.3) is 0 Å². The summed E-state index contributed by atoms with van der Waals surface area (Å²) in [7, 11) is 0. The molecule has 0 heterocycles. The first-order valence-electron chi connectivity index (χ1n) is 10.5. The quantitative estimate of drug-likeness (QED) is 0.128. The average Bonchev–Trinajstić information content (AvgIpc) is 2.65. The second kappa shape index (κ2) is 16.5. The third-order valence-corrected chi connectivity index (χ3v) is 6.74. The summed E-state index contributed by atoms with van der Waals surface area (Å²) in [5.74, 6) is 5.01. The Kier molecular flexibility index (Phi) is 15.1. The molecule has 5 nitrogen and oxygen atoms in total. The van der Waals surface area contributed by atoms with Crippen LogP contribution in [-0.4, -0.2) is 54.0 Å². The smallest absolute Gasteiger partial charge is 0.174 e. The molecule has 1 aliphatic rings. The summed E-state index contributed by atoms with van der Waals surface area (Å²) in [4.78, 5) is 30.0. The van der Waals surface area contributed by atoms with Crippen molar-refractivity contribution in [3.05, 3.63) is 11.6 Å². The molecule has 0 aromatic rings. The summed E-state index contributed by atoms with van der Waals surface area (Å²) in [6, 6.07) is 0. The summed E-state index contributed by atoms with van der Waals surface area (Å²) >= 11 is 3.96. The van der Waals surface area contributed by atoms with Crippen LogP contribution in [0.4, 0.5) is 0 Å². The number of rotatable bonds is 16. The van der Waals surface area contributed by atoms with Crippen LogP contribution in [0.15, 0.2) is 11.6 Å². The lowest BCUT2D eigenvalue weighted by Crippen LogP contribution is -2.26. The summed E-state index contributed by atoms with van der Waals surface area (Å²) in [6.45, 7) is 7.20. The lowest BCUT2D eigenvalue weighted by molar-refractivity contribution is -0.166. The van der Waals surface area contributed by atoms with Crippen molar-refractivity contribution in [3.8, 4) is 0 Å². The van der Waals surface area contributed by atoms with Gasteiger partial charge in [0.1, 0.15) is 0 Å². The zero-order valence-electron chi connectivity index (χ0n) is 17.7. The normalized spacial score (nSPS) is 18.5. The molecule has 7 heteroatoms. The van der Waals surface area contributed by atoms with Crippen molar-refractivity contribution in [2.24, 2.45) is 5.92 Å². The lowest BCUT2D eigenvalue weighted by Gasteiger charge is -2.22. The zero-order chi connectivity index (χ0) is 20.6. The minimum Gasteiger partial charge on any atom is -0.351 e. The number of nitrogens with one attached hydrogen (secondary N) is 1. The van der Waals surface area contributed by atoms with E-state index in [-0.39, 0.29) is 23.8 Å². The zero-order valence-corrected chi connectivity index (χ0v) is 19.3. The van der Waals surface area contributed by atoms with Crippen LogP contribution in [0.2, 0.25) is 0 Å². The average molecular weight is 432 g/mol. The number of hydroxylamine groups is 1. The molecule has 0 aliphatic heterocycles. The Morgan fingerprint density at radius 1 is 1.11 bits per heavy atom. The molecule has 0 spiro atoms. The first-order valence-corrected chi connectivity index (χ1v) is 12.8. The Hall–Kier alpha value is -0.340. The van der Waals surface area contributed by atoms with Gasteiger partial charge in [-0.05, 0) is 57.0 Å². The van der Waals surface area contributed by atoms with E-state index >= 15 is 0 Å². The van der Waals surface area contributed by atoms with Crippen molar-refractivity contribution < 1.29 is 19.2 Å². The molecule has 0 amide bonds. The van der Waals surface area contributed by atoms with Crippen molar-refractivity contribution in [3.63, 3.8) is 0 Å². The highest BCUT2D eigenvalue weighted by atomic mass is 32.2. The van der Waals surface area contributed by atoms with Gasteiger partial charge < -0.3 is 4.74 Å². The van der Waals surface area contributed by atoms with Crippen LogP contribution < -0.4 is 5.48 Å². The molecular formula is C21H37NO4S2. The second-order valence-electron chi connectivity index (χ2n) is 6.87. The Bertz CT molecular complexity index is 465. The van der Waals surface area contributed by atoms with Crippen LogP contribution in [0.5, 0.6) is 0 Å². The monoisotopic (exact) mass is 431 g/mol. The molecule has 0 aromatic heterocycles. The number of Topliss-reactive ketones (excluding diaryl/α,β-unsaturated/α-hetero) is 2. The molecule has 1 N–H and O–H groups in total. The third kappa shape index (κ3) is 11.6. The van der Waals surface area contributed by atoms with Crippen LogP contribution in [0.1, 0.15) is 59.3 Å². The first-order chi connectivity index (χ1) is 13.6. The van der Waals surface area contributed by atoms with Crippen LogP contribution >= 0.6 is 23.5 Å². The molecule has 1 saturated carbocycles. The fraction of sp³-hybridized carbons (Fsp3) is 0.810. The number of ether oxygens (including phenoxy) is 1. The molecule has 1 atom stereocenters. The van der Waals surface area contributed by atoms with E-state index in [0.717, 1.165) is 25.0 Å². The Morgan fingerprint density at radius 3 is 2.50 bits per heavy atom. The molecule has 1 unspecified atom stereocenters. The van der Waals surface area contributed by atoms with Crippen LogP contribution in [0, 0.1) is 5.92 Å². The molecule has 0 bridgehead atoms. The molecule has 0 radical (unpaired) electrons. The van der Waals surface area contributed by atoms with Gasteiger partial charge in [-0.15, -0.1) is 0 Å². The van der Waals surface area contributed by atoms with Gasteiger partial charge in [-0.1, -0.05) is 13.0 Å². The van der Waals surface area contributed by atoms with E-state index in [1.54, 1.807) is 0 Å². The van der Waals surface area contributed by atoms with Crippen molar-refractivity contribution in [1.82, 2.24) is 5.48 Å². The number of hydrogen-bond acceptors (Lipinski definition) is 7. The van der Waals surface area contributed by atoms with E-state index in [4.69, 9.17) is 9.57 Å². The lowest BCUT2D eigenvalue weighted by atomic mass is 9.81. The largest absolute Gasteiger partial charge is 0.351 e. The fourth-order valence-corrected chi connectivity index (χ4v) is 4.91. The van der Waals surface area contributed by atoms with Gasteiger partial charge in [-0.3, -0.25) is 14.4 Å². The predicted octanol–water partition coefficient (Wildman–Crippen LogP) is 4.41. The van der Waals surface area contributed by atoms with Crippen LogP contribution in [0.3, 0.4) is 0 Å². The highest BCUT2D eigenvalue weighted by Crippen LogP contribution is 2.27. The number of carbonyl (C=O) groups excluding carboxylic acids is 2.